The Morgan fingerprint density at radius 1 is 1.21 bits per heavy atom. The number of hydrogen-bond acceptors (Lipinski definition) is 6. The minimum absolute atomic E-state index is 0.0131. The third-order valence-electron chi connectivity index (χ3n) is 5.71. The maximum Gasteiger partial charge on any atom is 0.272 e. The van der Waals surface area contributed by atoms with Crippen LogP contribution in [0.3, 0.4) is 0 Å². The number of carbonyl (C=O) groups is 2. The predicted molar refractivity (Wildman–Crippen MR) is 105 cm³/mol. The van der Waals surface area contributed by atoms with Gasteiger partial charge in [0.25, 0.3) is 17.5 Å². The molecule has 2 aliphatic rings. The highest BCUT2D eigenvalue weighted by Crippen LogP contribution is 2.41. The number of amides is 2. The minimum Gasteiger partial charge on any atom is -0.355 e. The van der Waals surface area contributed by atoms with E-state index in [1.54, 1.807) is 36.3 Å². The fourth-order valence-corrected chi connectivity index (χ4v) is 3.99. The Morgan fingerprint density at radius 3 is 2.79 bits per heavy atom. The van der Waals surface area contributed by atoms with Crippen molar-refractivity contribution in [1.82, 2.24) is 25.3 Å². The topological polar surface area (TPSA) is 101 Å². The third-order valence-corrected chi connectivity index (χ3v) is 5.71. The van der Waals surface area contributed by atoms with Gasteiger partial charge in [-0.1, -0.05) is 11.2 Å². The molecule has 2 amide bonds. The molecule has 148 valence electrons. The number of nitrogens with one attached hydrogen (secondary N) is 1. The zero-order valence-corrected chi connectivity index (χ0v) is 16.1. The highest BCUT2D eigenvalue weighted by Gasteiger charge is 2.34. The Hall–Kier alpha value is -3.29. The fourth-order valence-electron chi connectivity index (χ4n) is 3.99. The predicted octanol–water partition coefficient (Wildman–Crippen LogP) is 2.48. The van der Waals surface area contributed by atoms with Crippen molar-refractivity contribution < 1.29 is 14.1 Å². The first-order valence-corrected chi connectivity index (χ1v) is 9.88. The average molecular weight is 391 g/mol. The Morgan fingerprint density at radius 2 is 2.07 bits per heavy atom. The van der Waals surface area contributed by atoms with Crippen LogP contribution in [-0.2, 0) is 0 Å². The molecule has 3 aromatic rings. The van der Waals surface area contributed by atoms with Crippen LogP contribution in [0, 0.1) is 0 Å². The van der Waals surface area contributed by atoms with E-state index in [4.69, 9.17) is 4.52 Å². The summed E-state index contributed by atoms with van der Waals surface area (Å²) in [5, 5.41) is 7.64. The van der Waals surface area contributed by atoms with E-state index in [2.05, 4.69) is 20.4 Å². The van der Waals surface area contributed by atoms with E-state index in [0.717, 1.165) is 25.0 Å². The van der Waals surface area contributed by atoms with Gasteiger partial charge in [-0.3, -0.25) is 14.6 Å². The molecule has 29 heavy (non-hydrogen) atoms. The number of nitrogens with zero attached hydrogens (tertiary/aromatic N) is 4. The molecule has 1 atom stereocenters. The first-order valence-electron chi connectivity index (χ1n) is 9.88. The summed E-state index contributed by atoms with van der Waals surface area (Å²) in [7, 11) is 1.61. The molecule has 1 N–H and O–H groups in total. The molecule has 2 fully saturated rings. The summed E-state index contributed by atoms with van der Waals surface area (Å²) in [6, 6.07) is 7.17. The molecule has 1 unspecified atom stereocenters. The lowest BCUT2D eigenvalue weighted by Crippen LogP contribution is -2.29. The second kappa shape index (κ2) is 6.95. The van der Waals surface area contributed by atoms with Crippen LogP contribution in [0.2, 0.25) is 0 Å². The molecular formula is C21H21N5O3. The number of likely N-dealkylation sites (tertiary alicyclic amines) is 1. The molecule has 0 radical (unpaired) electrons. The molecule has 0 spiro atoms. The number of rotatable bonds is 4. The number of hydrogen-bond donors (Lipinski definition) is 1. The molecule has 1 saturated heterocycles. The summed E-state index contributed by atoms with van der Waals surface area (Å²) >= 11 is 0. The number of pyridine rings is 2. The maximum absolute atomic E-state index is 12.7. The van der Waals surface area contributed by atoms with Gasteiger partial charge in [-0.2, -0.15) is 0 Å². The van der Waals surface area contributed by atoms with Gasteiger partial charge in [0.2, 0.25) is 0 Å². The monoisotopic (exact) mass is 391 g/mol. The summed E-state index contributed by atoms with van der Waals surface area (Å²) in [5.74, 6) is 0.111. The van der Waals surface area contributed by atoms with Gasteiger partial charge in [0.1, 0.15) is 5.69 Å². The summed E-state index contributed by atoms with van der Waals surface area (Å²) in [6.07, 6.45) is 4.53. The van der Waals surface area contributed by atoms with E-state index in [-0.39, 0.29) is 17.7 Å². The van der Waals surface area contributed by atoms with Crippen LogP contribution in [0.5, 0.6) is 0 Å². The van der Waals surface area contributed by atoms with Gasteiger partial charge in [-0.05, 0) is 37.5 Å². The molecule has 3 aromatic heterocycles. The van der Waals surface area contributed by atoms with Crippen molar-refractivity contribution in [1.29, 1.82) is 0 Å². The summed E-state index contributed by atoms with van der Waals surface area (Å²) < 4.78 is 5.54. The van der Waals surface area contributed by atoms with Crippen LogP contribution in [0.4, 0.5) is 0 Å². The van der Waals surface area contributed by atoms with E-state index in [0.29, 0.717) is 47.1 Å². The Labute approximate surface area is 167 Å². The summed E-state index contributed by atoms with van der Waals surface area (Å²) in [5.41, 5.74) is 2.96. The van der Waals surface area contributed by atoms with E-state index in [1.807, 2.05) is 6.07 Å². The second-order valence-corrected chi connectivity index (χ2v) is 7.65. The Balaban J connectivity index is 1.48. The van der Waals surface area contributed by atoms with E-state index in [1.165, 1.54) is 0 Å². The zero-order chi connectivity index (χ0) is 20.0. The van der Waals surface area contributed by atoms with Crippen LogP contribution in [-0.4, -0.2) is 52.0 Å². The molecule has 1 aliphatic heterocycles. The van der Waals surface area contributed by atoms with Crippen molar-refractivity contribution in [2.24, 2.45) is 0 Å². The van der Waals surface area contributed by atoms with Crippen LogP contribution in [0.15, 0.2) is 35.0 Å². The van der Waals surface area contributed by atoms with Gasteiger partial charge in [0.15, 0.2) is 0 Å². The van der Waals surface area contributed by atoms with E-state index in [9.17, 15) is 9.59 Å². The van der Waals surface area contributed by atoms with Crippen molar-refractivity contribution in [2.75, 3.05) is 20.1 Å². The van der Waals surface area contributed by atoms with E-state index >= 15 is 0 Å². The van der Waals surface area contributed by atoms with Crippen molar-refractivity contribution in [3.63, 3.8) is 0 Å². The van der Waals surface area contributed by atoms with Gasteiger partial charge in [0.05, 0.1) is 16.6 Å². The summed E-state index contributed by atoms with van der Waals surface area (Å²) in [4.78, 5) is 35.8. The first-order chi connectivity index (χ1) is 14.2. The molecule has 0 bridgehead atoms. The number of carbonyl (C=O) groups excluding carboxylic acids is 2. The van der Waals surface area contributed by atoms with Crippen LogP contribution in [0.25, 0.3) is 11.1 Å². The van der Waals surface area contributed by atoms with Crippen molar-refractivity contribution >= 4 is 22.9 Å². The highest BCUT2D eigenvalue weighted by molar-refractivity contribution is 6.06. The molecule has 8 heteroatoms. The molecular weight excluding hydrogens is 370 g/mol. The van der Waals surface area contributed by atoms with Gasteiger partial charge < -0.3 is 14.7 Å². The third kappa shape index (κ3) is 3.14. The largest absolute Gasteiger partial charge is 0.355 e. The first kappa shape index (κ1) is 17.8. The van der Waals surface area contributed by atoms with E-state index < -0.39 is 0 Å². The van der Waals surface area contributed by atoms with Crippen LogP contribution < -0.4 is 5.32 Å². The zero-order valence-electron chi connectivity index (χ0n) is 16.1. The molecule has 1 aliphatic carbocycles. The quantitative estimate of drug-likeness (QED) is 0.733. The number of fused-ring (bicyclic) bond motifs is 1. The van der Waals surface area contributed by atoms with Crippen LogP contribution in [0.1, 0.15) is 63.3 Å². The molecule has 1 saturated carbocycles. The highest BCUT2D eigenvalue weighted by atomic mass is 16.5. The second-order valence-electron chi connectivity index (χ2n) is 7.65. The summed E-state index contributed by atoms with van der Waals surface area (Å²) in [6.45, 7) is 1.12. The van der Waals surface area contributed by atoms with Gasteiger partial charge in [-0.25, -0.2) is 4.98 Å². The lowest BCUT2D eigenvalue weighted by atomic mass is 9.98. The SMILES string of the molecule is CNC(=O)c1cc(C2CC2)nc2onc(C3CCN(C(=O)c4ccccn4)C3)c12. The van der Waals surface area contributed by atoms with Crippen LogP contribution >= 0.6 is 0 Å². The lowest BCUT2D eigenvalue weighted by molar-refractivity contribution is 0.0784. The normalized spacial score (nSPS) is 18.9. The fraction of sp³-hybridized carbons (Fsp3) is 0.381. The number of aromatic nitrogens is 3. The van der Waals surface area contributed by atoms with Crippen molar-refractivity contribution in [2.45, 2.75) is 31.1 Å². The Bertz CT molecular complexity index is 1090. The smallest absolute Gasteiger partial charge is 0.272 e. The van der Waals surface area contributed by atoms with Crippen molar-refractivity contribution in [3.05, 3.63) is 53.1 Å². The van der Waals surface area contributed by atoms with Gasteiger partial charge in [0, 0.05) is 43.9 Å². The molecule has 4 heterocycles. The molecule has 0 aromatic carbocycles. The average Bonchev–Trinajstić information content (AvgIpc) is 3.35. The minimum atomic E-state index is -0.178. The lowest BCUT2D eigenvalue weighted by Gasteiger charge is -2.15. The standard InChI is InChI=1S/C21H21N5O3/c1-22-19(27)14-10-16(12-5-6-12)24-20-17(14)18(25-29-20)13-7-9-26(11-13)21(28)15-4-2-3-8-23-15/h2-4,8,10,12-13H,5-7,9,11H2,1H3,(H,22,27). The van der Waals surface area contributed by atoms with Gasteiger partial charge >= 0.3 is 0 Å². The van der Waals surface area contributed by atoms with Gasteiger partial charge in [-0.15, -0.1) is 0 Å². The van der Waals surface area contributed by atoms with Crippen molar-refractivity contribution in [3.8, 4) is 0 Å². The Kier molecular flexibility index (Phi) is 4.26. The molecule has 5 rings (SSSR count). The maximum atomic E-state index is 12.7. The molecule has 8 nitrogen and oxygen atoms in total.